The van der Waals surface area contributed by atoms with Crippen LogP contribution < -0.4 is 10.6 Å². The van der Waals surface area contributed by atoms with E-state index in [-0.39, 0.29) is 18.9 Å². The maximum atomic E-state index is 12.3. The molecule has 2 N–H and O–H groups in total. The number of nitrogens with zero attached hydrogens (tertiary/aromatic N) is 1. The molecule has 0 aliphatic carbocycles. The van der Waals surface area contributed by atoms with Crippen molar-refractivity contribution in [2.24, 2.45) is 0 Å². The largest absolute Gasteiger partial charge is 0.462 e. The van der Waals surface area contributed by atoms with Crippen LogP contribution >= 0.6 is 0 Å². The van der Waals surface area contributed by atoms with E-state index in [2.05, 4.69) is 15.6 Å². The molecule has 138 valence electrons. The summed E-state index contributed by atoms with van der Waals surface area (Å²) >= 11 is 0. The Morgan fingerprint density at radius 1 is 1.00 bits per heavy atom. The van der Waals surface area contributed by atoms with Gasteiger partial charge in [-0.25, -0.2) is 4.79 Å². The van der Waals surface area contributed by atoms with E-state index < -0.39 is 5.97 Å². The SMILES string of the molecule is CCOC(=O)c1ccccc1NC(=O)CCNc1cccc2cccnc12. The zero-order valence-electron chi connectivity index (χ0n) is 15.1. The van der Waals surface area contributed by atoms with Crippen LogP contribution in [0.1, 0.15) is 23.7 Å². The molecule has 3 aromatic rings. The van der Waals surface area contributed by atoms with Crippen molar-refractivity contribution in [1.29, 1.82) is 0 Å². The van der Waals surface area contributed by atoms with Crippen molar-refractivity contribution < 1.29 is 14.3 Å². The average molecular weight is 363 g/mol. The van der Waals surface area contributed by atoms with Crippen LogP contribution in [-0.4, -0.2) is 30.0 Å². The summed E-state index contributed by atoms with van der Waals surface area (Å²) in [4.78, 5) is 28.6. The minimum atomic E-state index is -0.451. The molecular weight excluding hydrogens is 342 g/mol. The highest BCUT2D eigenvalue weighted by atomic mass is 16.5. The van der Waals surface area contributed by atoms with Gasteiger partial charge in [-0.2, -0.15) is 0 Å². The van der Waals surface area contributed by atoms with Gasteiger partial charge in [-0.05, 0) is 31.2 Å². The van der Waals surface area contributed by atoms with Crippen LogP contribution in [0.5, 0.6) is 0 Å². The van der Waals surface area contributed by atoms with Crippen LogP contribution in [0.4, 0.5) is 11.4 Å². The first kappa shape index (κ1) is 18.4. The first-order chi connectivity index (χ1) is 13.2. The smallest absolute Gasteiger partial charge is 0.340 e. The van der Waals surface area contributed by atoms with Gasteiger partial charge in [0.15, 0.2) is 0 Å². The topological polar surface area (TPSA) is 80.3 Å². The Morgan fingerprint density at radius 3 is 2.63 bits per heavy atom. The number of anilines is 2. The molecule has 0 radical (unpaired) electrons. The number of rotatable bonds is 7. The molecule has 27 heavy (non-hydrogen) atoms. The number of esters is 1. The van der Waals surface area contributed by atoms with Crippen molar-refractivity contribution in [3.05, 3.63) is 66.4 Å². The summed E-state index contributed by atoms with van der Waals surface area (Å²) < 4.78 is 5.02. The van der Waals surface area contributed by atoms with Crippen LogP contribution in [-0.2, 0) is 9.53 Å². The number of amides is 1. The number of nitrogens with one attached hydrogen (secondary N) is 2. The van der Waals surface area contributed by atoms with Gasteiger partial charge in [0.2, 0.25) is 5.91 Å². The maximum Gasteiger partial charge on any atom is 0.340 e. The Bertz CT molecular complexity index is 951. The molecule has 0 atom stereocenters. The average Bonchev–Trinajstić information content (AvgIpc) is 2.69. The molecule has 1 aromatic heterocycles. The normalized spacial score (nSPS) is 10.4. The second kappa shape index (κ2) is 8.80. The molecule has 2 aromatic carbocycles. The van der Waals surface area contributed by atoms with E-state index in [1.54, 1.807) is 37.4 Å². The van der Waals surface area contributed by atoms with Gasteiger partial charge in [-0.15, -0.1) is 0 Å². The summed E-state index contributed by atoms with van der Waals surface area (Å²) in [6.07, 6.45) is 1.99. The molecule has 6 heteroatoms. The van der Waals surface area contributed by atoms with Crippen molar-refractivity contribution in [2.45, 2.75) is 13.3 Å². The second-order valence-corrected chi connectivity index (χ2v) is 5.87. The number of aromatic nitrogens is 1. The van der Waals surface area contributed by atoms with Gasteiger partial charge >= 0.3 is 5.97 Å². The Morgan fingerprint density at radius 2 is 1.78 bits per heavy atom. The van der Waals surface area contributed by atoms with Crippen LogP contribution in [0.3, 0.4) is 0 Å². The molecule has 3 rings (SSSR count). The van der Waals surface area contributed by atoms with E-state index in [1.165, 1.54) is 0 Å². The van der Waals surface area contributed by atoms with Crippen molar-refractivity contribution in [3.63, 3.8) is 0 Å². The van der Waals surface area contributed by atoms with Crippen molar-refractivity contribution >= 4 is 34.2 Å². The third kappa shape index (κ3) is 4.61. The summed E-state index contributed by atoms with van der Waals surface area (Å²) in [5, 5.41) is 7.06. The van der Waals surface area contributed by atoms with E-state index in [0.29, 0.717) is 17.8 Å². The lowest BCUT2D eigenvalue weighted by atomic mass is 10.1. The van der Waals surface area contributed by atoms with E-state index in [9.17, 15) is 9.59 Å². The number of carbonyl (C=O) groups excluding carboxylic acids is 2. The highest BCUT2D eigenvalue weighted by Crippen LogP contribution is 2.20. The monoisotopic (exact) mass is 363 g/mol. The molecule has 1 amide bonds. The van der Waals surface area contributed by atoms with E-state index in [4.69, 9.17) is 4.74 Å². The molecule has 0 bridgehead atoms. The van der Waals surface area contributed by atoms with Gasteiger partial charge in [0.05, 0.1) is 29.1 Å². The van der Waals surface area contributed by atoms with Gasteiger partial charge in [-0.1, -0.05) is 30.3 Å². The third-order valence-corrected chi connectivity index (χ3v) is 4.00. The number of pyridine rings is 1. The van der Waals surface area contributed by atoms with Gasteiger partial charge in [0, 0.05) is 24.5 Å². The number of carbonyl (C=O) groups is 2. The highest BCUT2D eigenvalue weighted by molar-refractivity contribution is 6.01. The van der Waals surface area contributed by atoms with Gasteiger partial charge in [-0.3, -0.25) is 9.78 Å². The number of hydrogen-bond acceptors (Lipinski definition) is 5. The first-order valence-electron chi connectivity index (χ1n) is 8.82. The summed E-state index contributed by atoms with van der Waals surface area (Å²) in [5.41, 5.74) is 2.55. The molecule has 0 saturated heterocycles. The summed E-state index contributed by atoms with van der Waals surface area (Å²) in [7, 11) is 0. The van der Waals surface area contributed by atoms with Crippen molar-refractivity contribution in [3.8, 4) is 0 Å². The summed E-state index contributed by atoms with van der Waals surface area (Å²) in [6.45, 7) is 2.47. The number of para-hydroxylation sites is 2. The molecular formula is C21H21N3O3. The molecule has 1 heterocycles. The predicted octanol–water partition coefficient (Wildman–Crippen LogP) is 3.85. The standard InChI is InChI=1S/C21H21N3O3/c1-2-27-21(26)16-9-3-4-10-17(16)24-19(25)12-14-22-18-11-5-7-15-8-6-13-23-20(15)18/h3-11,13,22H,2,12,14H2,1H3,(H,24,25). The fourth-order valence-corrected chi connectivity index (χ4v) is 2.75. The molecule has 0 fully saturated rings. The minimum Gasteiger partial charge on any atom is -0.462 e. The zero-order chi connectivity index (χ0) is 19.1. The minimum absolute atomic E-state index is 0.188. The van der Waals surface area contributed by atoms with E-state index in [1.807, 2.05) is 30.3 Å². The highest BCUT2D eigenvalue weighted by Gasteiger charge is 2.13. The fraction of sp³-hybridized carbons (Fsp3) is 0.190. The van der Waals surface area contributed by atoms with Gasteiger partial charge in [0.1, 0.15) is 0 Å². The van der Waals surface area contributed by atoms with Crippen LogP contribution in [0.2, 0.25) is 0 Å². The second-order valence-electron chi connectivity index (χ2n) is 5.87. The number of benzene rings is 2. The Hall–Kier alpha value is -3.41. The zero-order valence-corrected chi connectivity index (χ0v) is 15.1. The Labute approximate surface area is 157 Å². The molecule has 0 aliphatic heterocycles. The Balaban J connectivity index is 1.60. The summed E-state index contributed by atoms with van der Waals surface area (Å²) in [5.74, 6) is -0.638. The molecule has 6 nitrogen and oxygen atoms in total. The van der Waals surface area contributed by atoms with Gasteiger partial charge < -0.3 is 15.4 Å². The van der Waals surface area contributed by atoms with Crippen LogP contribution in [0.15, 0.2) is 60.8 Å². The first-order valence-corrected chi connectivity index (χ1v) is 8.82. The molecule has 0 saturated carbocycles. The maximum absolute atomic E-state index is 12.3. The van der Waals surface area contributed by atoms with E-state index in [0.717, 1.165) is 16.6 Å². The van der Waals surface area contributed by atoms with Crippen molar-refractivity contribution in [2.75, 3.05) is 23.8 Å². The number of ether oxygens (including phenoxy) is 1. The van der Waals surface area contributed by atoms with Crippen LogP contribution in [0.25, 0.3) is 10.9 Å². The molecule has 0 aliphatic rings. The quantitative estimate of drug-likeness (QED) is 0.623. The number of hydrogen-bond donors (Lipinski definition) is 2. The van der Waals surface area contributed by atoms with Gasteiger partial charge in [0.25, 0.3) is 0 Å². The molecule has 0 spiro atoms. The predicted molar refractivity (Wildman–Crippen MR) is 106 cm³/mol. The molecule has 0 unspecified atom stereocenters. The van der Waals surface area contributed by atoms with Crippen molar-refractivity contribution in [1.82, 2.24) is 4.98 Å². The van der Waals surface area contributed by atoms with Crippen LogP contribution in [0, 0.1) is 0 Å². The fourth-order valence-electron chi connectivity index (χ4n) is 2.75. The lowest BCUT2D eigenvalue weighted by Gasteiger charge is -2.11. The lowest BCUT2D eigenvalue weighted by Crippen LogP contribution is -2.18. The summed E-state index contributed by atoms with van der Waals surface area (Å²) in [6, 6.07) is 16.6. The Kier molecular flexibility index (Phi) is 5.99. The third-order valence-electron chi connectivity index (χ3n) is 4.00. The van der Waals surface area contributed by atoms with E-state index >= 15 is 0 Å². The number of fused-ring (bicyclic) bond motifs is 1. The lowest BCUT2D eigenvalue weighted by molar-refractivity contribution is -0.115.